The zero-order valence-electron chi connectivity index (χ0n) is 11.8. The van der Waals surface area contributed by atoms with Crippen LogP contribution in [-0.4, -0.2) is 16.7 Å². The Morgan fingerprint density at radius 2 is 1.91 bits per heavy atom. The fraction of sp³-hybridized carbons (Fsp3) is 0.125. The van der Waals surface area contributed by atoms with E-state index in [0.29, 0.717) is 28.3 Å². The van der Waals surface area contributed by atoms with Crippen LogP contribution < -0.4 is 5.43 Å². The highest BCUT2D eigenvalue weighted by Crippen LogP contribution is 2.32. The highest BCUT2D eigenvalue weighted by molar-refractivity contribution is 6.36. The molecule has 0 spiro atoms. The second-order valence-corrected chi connectivity index (χ2v) is 5.35. The van der Waals surface area contributed by atoms with Gasteiger partial charge in [-0.05, 0) is 30.7 Å². The number of phenols is 1. The van der Waals surface area contributed by atoms with Gasteiger partial charge in [0.1, 0.15) is 5.75 Å². The average Bonchev–Trinajstić information content (AvgIpc) is 2.52. The van der Waals surface area contributed by atoms with Gasteiger partial charge in [-0.15, -0.1) is 0 Å². The molecule has 0 aromatic heterocycles. The number of hydrazone groups is 1. The van der Waals surface area contributed by atoms with Gasteiger partial charge in [-0.1, -0.05) is 48.3 Å². The first-order chi connectivity index (χ1) is 10.5. The van der Waals surface area contributed by atoms with Gasteiger partial charge in [0.25, 0.3) is 5.91 Å². The largest absolute Gasteiger partial charge is 0.506 e. The number of rotatable bonds is 4. The number of carbonyl (C=O) groups excluding carboxylic acids is 1. The van der Waals surface area contributed by atoms with Crippen molar-refractivity contribution in [3.8, 4) is 5.75 Å². The molecule has 0 aliphatic carbocycles. The van der Waals surface area contributed by atoms with Crippen molar-refractivity contribution in [1.82, 2.24) is 5.43 Å². The van der Waals surface area contributed by atoms with Gasteiger partial charge in [0.15, 0.2) is 0 Å². The van der Waals surface area contributed by atoms with Crippen LogP contribution in [0.1, 0.15) is 29.3 Å². The van der Waals surface area contributed by atoms with Crippen molar-refractivity contribution in [2.45, 2.75) is 13.3 Å². The van der Waals surface area contributed by atoms with Crippen molar-refractivity contribution in [2.75, 3.05) is 0 Å². The van der Waals surface area contributed by atoms with Crippen LogP contribution in [0.2, 0.25) is 10.0 Å². The number of hydrogen-bond acceptors (Lipinski definition) is 3. The van der Waals surface area contributed by atoms with Crippen LogP contribution in [0.3, 0.4) is 0 Å². The Hall–Kier alpha value is -2.04. The summed E-state index contributed by atoms with van der Waals surface area (Å²) >= 11 is 11.8. The van der Waals surface area contributed by atoms with Crippen LogP contribution in [-0.2, 0) is 0 Å². The number of nitrogens with zero attached hydrogens (tertiary/aromatic N) is 1. The molecule has 22 heavy (non-hydrogen) atoms. The standard InChI is InChI=1S/C16H14Cl2N2O2/c1-2-14(12-8-11(17)9-13(18)15(12)21)19-20-16(22)10-6-4-3-5-7-10/h3-9,21H,2H2,1H3,(H,20,22). The number of benzene rings is 2. The molecule has 6 heteroatoms. The first-order valence-electron chi connectivity index (χ1n) is 6.63. The van der Waals surface area contributed by atoms with Crippen molar-refractivity contribution in [3.05, 3.63) is 63.6 Å². The van der Waals surface area contributed by atoms with Gasteiger partial charge in [-0.25, -0.2) is 5.43 Å². The summed E-state index contributed by atoms with van der Waals surface area (Å²) in [6, 6.07) is 11.7. The molecule has 0 saturated heterocycles. The number of phenolic OH excluding ortho intramolecular Hbond substituents is 1. The SMILES string of the molecule is CCC(=NNC(=O)c1ccccc1)c1cc(Cl)cc(Cl)c1O. The van der Waals surface area contributed by atoms with Gasteiger partial charge < -0.3 is 5.11 Å². The summed E-state index contributed by atoms with van der Waals surface area (Å²) in [5.74, 6) is -0.445. The second-order valence-electron chi connectivity index (χ2n) is 4.50. The minimum Gasteiger partial charge on any atom is -0.506 e. The molecule has 4 nitrogen and oxygen atoms in total. The molecule has 0 fully saturated rings. The Labute approximate surface area is 138 Å². The fourth-order valence-corrected chi connectivity index (χ4v) is 2.38. The van der Waals surface area contributed by atoms with E-state index in [0.717, 1.165) is 0 Å². The molecular formula is C16H14Cl2N2O2. The first kappa shape index (κ1) is 16.3. The molecule has 2 N–H and O–H groups in total. The van der Waals surface area contributed by atoms with E-state index < -0.39 is 0 Å². The van der Waals surface area contributed by atoms with Crippen molar-refractivity contribution >= 4 is 34.8 Å². The monoisotopic (exact) mass is 336 g/mol. The molecule has 1 amide bonds. The molecule has 0 bridgehead atoms. The van der Waals surface area contributed by atoms with Gasteiger partial charge in [-0.3, -0.25) is 4.79 Å². The van der Waals surface area contributed by atoms with E-state index >= 15 is 0 Å². The topological polar surface area (TPSA) is 61.7 Å². The summed E-state index contributed by atoms with van der Waals surface area (Å²) < 4.78 is 0. The maximum Gasteiger partial charge on any atom is 0.271 e. The maximum absolute atomic E-state index is 12.0. The van der Waals surface area contributed by atoms with Crippen molar-refractivity contribution < 1.29 is 9.90 Å². The molecule has 2 rings (SSSR count). The Kier molecular flexibility index (Phi) is 5.41. The van der Waals surface area contributed by atoms with Crippen molar-refractivity contribution in [3.63, 3.8) is 0 Å². The van der Waals surface area contributed by atoms with Gasteiger partial charge >= 0.3 is 0 Å². The number of aromatic hydroxyl groups is 1. The summed E-state index contributed by atoms with van der Waals surface area (Å²) in [5, 5.41) is 14.6. The lowest BCUT2D eigenvalue weighted by molar-refractivity contribution is 0.0955. The molecular weight excluding hydrogens is 323 g/mol. The quantitative estimate of drug-likeness (QED) is 0.647. The van der Waals surface area contributed by atoms with E-state index in [1.54, 1.807) is 30.3 Å². The van der Waals surface area contributed by atoms with E-state index in [-0.39, 0.29) is 16.7 Å². The van der Waals surface area contributed by atoms with E-state index in [9.17, 15) is 9.90 Å². The predicted octanol–water partition coefficient (Wildman–Crippen LogP) is 4.24. The zero-order valence-corrected chi connectivity index (χ0v) is 13.3. The minimum absolute atomic E-state index is 0.111. The van der Waals surface area contributed by atoms with Crippen LogP contribution >= 0.6 is 23.2 Å². The van der Waals surface area contributed by atoms with Gasteiger partial charge in [0.2, 0.25) is 0 Å². The highest BCUT2D eigenvalue weighted by Gasteiger charge is 2.13. The minimum atomic E-state index is -0.334. The zero-order chi connectivity index (χ0) is 16.1. The van der Waals surface area contributed by atoms with Crippen LogP contribution in [0.4, 0.5) is 0 Å². The highest BCUT2D eigenvalue weighted by atomic mass is 35.5. The predicted molar refractivity (Wildman–Crippen MR) is 88.9 cm³/mol. The molecule has 2 aromatic rings. The summed E-state index contributed by atoms with van der Waals surface area (Å²) in [6.07, 6.45) is 0.485. The second kappa shape index (κ2) is 7.29. The molecule has 0 heterocycles. The number of nitrogens with one attached hydrogen (secondary N) is 1. The summed E-state index contributed by atoms with van der Waals surface area (Å²) in [4.78, 5) is 12.0. The van der Waals surface area contributed by atoms with Gasteiger partial charge in [0, 0.05) is 16.1 Å². The molecule has 0 atom stereocenters. The Morgan fingerprint density at radius 1 is 1.23 bits per heavy atom. The number of carbonyl (C=O) groups is 1. The van der Waals surface area contributed by atoms with Crippen LogP contribution in [0.25, 0.3) is 0 Å². The van der Waals surface area contributed by atoms with E-state index in [2.05, 4.69) is 10.5 Å². The lowest BCUT2D eigenvalue weighted by Gasteiger charge is -2.09. The number of amides is 1. The van der Waals surface area contributed by atoms with E-state index in [1.807, 2.05) is 13.0 Å². The fourth-order valence-electron chi connectivity index (χ4n) is 1.89. The number of halogens is 2. The maximum atomic E-state index is 12.0. The first-order valence-corrected chi connectivity index (χ1v) is 7.38. The van der Waals surface area contributed by atoms with Gasteiger partial charge in [0.05, 0.1) is 10.7 Å². The normalized spacial score (nSPS) is 11.3. The van der Waals surface area contributed by atoms with Crippen LogP contribution in [0.5, 0.6) is 5.75 Å². The Morgan fingerprint density at radius 3 is 2.55 bits per heavy atom. The Bertz CT molecular complexity index is 716. The molecule has 0 aliphatic heterocycles. The van der Waals surface area contributed by atoms with Crippen molar-refractivity contribution in [2.24, 2.45) is 5.10 Å². The van der Waals surface area contributed by atoms with E-state index in [4.69, 9.17) is 23.2 Å². The summed E-state index contributed by atoms with van der Waals surface area (Å²) in [7, 11) is 0. The van der Waals surface area contributed by atoms with Crippen LogP contribution in [0, 0.1) is 0 Å². The lowest BCUT2D eigenvalue weighted by atomic mass is 10.1. The third-order valence-electron chi connectivity index (χ3n) is 3.00. The summed E-state index contributed by atoms with van der Waals surface area (Å²) in [6.45, 7) is 1.85. The third kappa shape index (κ3) is 3.78. The van der Waals surface area contributed by atoms with Gasteiger partial charge in [-0.2, -0.15) is 5.10 Å². The van der Waals surface area contributed by atoms with Crippen LogP contribution in [0.15, 0.2) is 47.6 Å². The van der Waals surface area contributed by atoms with E-state index in [1.165, 1.54) is 6.07 Å². The summed E-state index contributed by atoms with van der Waals surface area (Å²) in [5.41, 5.74) is 3.84. The molecule has 0 unspecified atom stereocenters. The number of hydrogen-bond donors (Lipinski definition) is 2. The smallest absolute Gasteiger partial charge is 0.271 e. The third-order valence-corrected chi connectivity index (χ3v) is 3.51. The molecule has 0 radical (unpaired) electrons. The lowest BCUT2D eigenvalue weighted by Crippen LogP contribution is -2.20. The van der Waals surface area contributed by atoms with Crippen molar-refractivity contribution in [1.29, 1.82) is 0 Å². The molecule has 2 aromatic carbocycles. The molecule has 0 saturated carbocycles. The molecule has 114 valence electrons. The Balaban J connectivity index is 2.27. The average molecular weight is 337 g/mol. The molecule has 0 aliphatic rings.